The first kappa shape index (κ1) is 17.6. The lowest BCUT2D eigenvalue weighted by atomic mass is 10.0. The summed E-state index contributed by atoms with van der Waals surface area (Å²) in [6, 6.07) is 2.94. The Morgan fingerprint density at radius 1 is 1.29 bits per heavy atom. The molecular formula is C15H22ClNO4. The maximum absolute atomic E-state index is 12.1. The second kappa shape index (κ2) is 8.10. The van der Waals surface area contributed by atoms with E-state index < -0.39 is 12.0 Å². The van der Waals surface area contributed by atoms with E-state index in [0.717, 1.165) is 6.42 Å². The minimum absolute atomic E-state index is 0.137. The second-order valence-electron chi connectivity index (χ2n) is 4.64. The monoisotopic (exact) mass is 315 g/mol. The molecule has 5 nitrogen and oxygen atoms in total. The number of rotatable bonds is 7. The third-order valence-corrected chi connectivity index (χ3v) is 3.72. The summed E-state index contributed by atoms with van der Waals surface area (Å²) in [4.78, 5) is 12.1. The topological polar surface area (TPSA) is 56.8 Å². The van der Waals surface area contributed by atoms with Crippen LogP contribution in [0.4, 0.5) is 0 Å². The van der Waals surface area contributed by atoms with Gasteiger partial charge in [-0.15, -0.1) is 0 Å². The van der Waals surface area contributed by atoms with Crippen LogP contribution in [0.25, 0.3) is 0 Å². The van der Waals surface area contributed by atoms with Crippen molar-refractivity contribution in [3.63, 3.8) is 0 Å². The molecule has 0 aliphatic rings. The highest BCUT2D eigenvalue weighted by Crippen LogP contribution is 2.39. The molecule has 0 heterocycles. The van der Waals surface area contributed by atoms with Gasteiger partial charge in [0.2, 0.25) is 0 Å². The fraction of sp³-hybridized carbons (Fsp3) is 0.533. The Morgan fingerprint density at radius 2 is 1.95 bits per heavy atom. The number of ether oxygens (including phenoxy) is 3. The summed E-state index contributed by atoms with van der Waals surface area (Å²) < 4.78 is 15.3. The van der Waals surface area contributed by atoms with Crippen molar-refractivity contribution in [2.24, 2.45) is 0 Å². The molecule has 0 spiro atoms. The van der Waals surface area contributed by atoms with Crippen molar-refractivity contribution >= 4 is 17.6 Å². The predicted molar refractivity (Wildman–Crippen MR) is 82.2 cm³/mol. The Morgan fingerprint density at radius 3 is 2.43 bits per heavy atom. The van der Waals surface area contributed by atoms with Gasteiger partial charge in [-0.1, -0.05) is 24.6 Å². The standard InChI is InChI=1S/C15H22ClNO4/c1-6-9(2)17-13(15(18)21-5)10-7-8-11(19-3)14(20-4)12(10)16/h7-9,13,17H,6H2,1-5H3. The van der Waals surface area contributed by atoms with Crippen molar-refractivity contribution in [1.29, 1.82) is 0 Å². The number of methoxy groups -OCH3 is 3. The molecule has 0 aliphatic heterocycles. The van der Waals surface area contributed by atoms with E-state index in [-0.39, 0.29) is 6.04 Å². The number of halogens is 1. The van der Waals surface area contributed by atoms with Gasteiger partial charge in [-0.25, -0.2) is 4.79 Å². The quantitative estimate of drug-likeness (QED) is 0.784. The summed E-state index contributed by atoms with van der Waals surface area (Å²) in [5.74, 6) is 0.513. The molecule has 0 saturated heterocycles. The molecule has 0 fully saturated rings. The Hall–Kier alpha value is -1.46. The molecule has 2 atom stereocenters. The van der Waals surface area contributed by atoms with Crippen LogP contribution in [0.1, 0.15) is 31.9 Å². The molecule has 1 aromatic rings. The van der Waals surface area contributed by atoms with Gasteiger partial charge in [0.15, 0.2) is 11.5 Å². The van der Waals surface area contributed by atoms with E-state index in [1.54, 1.807) is 12.1 Å². The predicted octanol–water partition coefficient (Wildman–Crippen LogP) is 2.96. The lowest BCUT2D eigenvalue weighted by Gasteiger charge is -2.23. The van der Waals surface area contributed by atoms with Gasteiger partial charge in [-0.3, -0.25) is 5.32 Å². The van der Waals surface area contributed by atoms with Crippen molar-refractivity contribution in [3.05, 3.63) is 22.7 Å². The summed E-state index contributed by atoms with van der Waals surface area (Å²) in [5.41, 5.74) is 0.599. The van der Waals surface area contributed by atoms with Crippen LogP contribution in [-0.4, -0.2) is 33.3 Å². The van der Waals surface area contributed by atoms with Gasteiger partial charge in [0.05, 0.1) is 26.4 Å². The average molecular weight is 316 g/mol. The van der Waals surface area contributed by atoms with Crippen LogP contribution in [0.2, 0.25) is 5.02 Å². The van der Waals surface area contributed by atoms with Gasteiger partial charge >= 0.3 is 5.97 Å². The molecule has 21 heavy (non-hydrogen) atoms. The smallest absolute Gasteiger partial charge is 0.327 e. The van der Waals surface area contributed by atoms with Gasteiger partial charge in [0.1, 0.15) is 6.04 Å². The highest BCUT2D eigenvalue weighted by atomic mass is 35.5. The van der Waals surface area contributed by atoms with Crippen LogP contribution in [0.3, 0.4) is 0 Å². The molecular weight excluding hydrogens is 294 g/mol. The molecule has 1 rings (SSSR count). The molecule has 1 N–H and O–H groups in total. The van der Waals surface area contributed by atoms with E-state index in [0.29, 0.717) is 22.1 Å². The zero-order chi connectivity index (χ0) is 16.0. The van der Waals surface area contributed by atoms with Gasteiger partial charge < -0.3 is 14.2 Å². The lowest BCUT2D eigenvalue weighted by Crippen LogP contribution is -2.35. The number of nitrogens with one attached hydrogen (secondary N) is 1. The number of carbonyl (C=O) groups excluding carboxylic acids is 1. The maximum atomic E-state index is 12.1. The van der Waals surface area contributed by atoms with Crippen molar-refractivity contribution in [1.82, 2.24) is 5.32 Å². The highest BCUT2D eigenvalue weighted by molar-refractivity contribution is 6.33. The Labute approximate surface area is 130 Å². The Kier molecular flexibility index (Phi) is 6.78. The molecule has 2 unspecified atom stereocenters. The fourth-order valence-corrected chi connectivity index (χ4v) is 2.27. The fourth-order valence-electron chi connectivity index (χ4n) is 1.93. The highest BCUT2D eigenvalue weighted by Gasteiger charge is 2.27. The third-order valence-electron chi connectivity index (χ3n) is 3.33. The second-order valence-corrected chi connectivity index (χ2v) is 5.01. The van der Waals surface area contributed by atoms with Crippen LogP contribution in [-0.2, 0) is 9.53 Å². The maximum Gasteiger partial charge on any atom is 0.327 e. The number of benzene rings is 1. The first-order valence-electron chi connectivity index (χ1n) is 6.74. The van der Waals surface area contributed by atoms with Gasteiger partial charge in [0.25, 0.3) is 0 Å². The van der Waals surface area contributed by atoms with Crippen molar-refractivity contribution in [2.45, 2.75) is 32.4 Å². The van der Waals surface area contributed by atoms with E-state index in [1.807, 2.05) is 13.8 Å². The van der Waals surface area contributed by atoms with Crippen molar-refractivity contribution < 1.29 is 19.0 Å². The number of carbonyl (C=O) groups is 1. The van der Waals surface area contributed by atoms with E-state index in [1.165, 1.54) is 21.3 Å². The zero-order valence-corrected chi connectivity index (χ0v) is 13.8. The number of hydrogen-bond acceptors (Lipinski definition) is 5. The summed E-state index contributed by atoms with van der Waals surface area (Å²) in [6.45, 7) is 4.02. The number of esters is 1. The van der Waals surface area contributed by atoms with Crippen LogP contribution in [0.5, 0.6) is 11.5 Å². The van der Waals surface area contributed by atoms with E-state index in [4.69, 9.17) is 25.8 Å². The minimum atomic E-state index is -0.655. The lowest BCUT2D eigenvalue weighted by molar-refractivity contribution is -0.143. The van der Waals surface area contributed by atoms with Gasteiger partial charge in [-0.05, 0) is 19.4 Å². The summed E-state index contributed by atoms with van der Waals surface area (Å²) >= 11 is 6.36. The van der Waals surface area contributed by atoms with Crippen LogP contribution in [0.15, 0.2) is 12.1 Å². The summed E-state index contributed by atoms with van der Waals surface area (Å²) in [5, 5.41) is 3.54. The normalized spacial score (nSPS) is 13.4. The van der Waals surface area contributed by atoms with Crippen LogP contribution >= 0.6 is 11.6 Å². The van der Waals surface area contributed by atoms with Crippen LogP contribution in [0, 0.1) is 0 Å². The van der Waals surface area contributed by atoms with E-state index in [2.05, 4.69) is 5.32 Å². The molecule has 0 bridgehead atoms. The molecule has 118 valence electrons. The molecule has 0 saturated carbocycles. The van der Waals surface area contributed by atoms with Crippen molar-refractivity contribution in [2.75, 3.05) is 21.3 Å². The SMILES string of the molecule is CCC(C)NC(C(=O)OC)c1ccc(OC)c(OC)c1Cl. The van der Waals surface area contributed by atoms with E-state index in [9.17, 15) is 4.79 Å². The molecule has 0 aromatic heterocycles. The molecule has 0 aliphatic carbocycles. The average Bonchev–Trinajstić information content (AvgIpc) is 2.51. The Bertz CT molecular complexity index is 493. The zero-order valence-electron chi connectivity index (χ0n) is 13.0. The van der Waals surface area contributed by atoms with Gasteiger partial charge in [0, 0.05) is 11.6 Å². The Balaban J connectivity index is 3.27. The third kappa shape index (κ3) is 4.02. The first-order valence-corrected chi connectivity index (χ1v) is 7.12. The molecule has 0 radical (unpaired) electrons. The molecule has 6 heteroatoms. The first-order chi connectivity index (χ1) is 9.99. The molecule has 0 amide bonds. The largest absolute Gasteiger partial charge is 0.493 e. The number of hydrogen-bond donors (Lipinski definition) is 1. The van der Waals surface area contributed by atoms with Crippen LogP contribution < -0.4 is 14.8 Å². The summed E-state index contributed by atoms with van der Waals surface area (Å²) in [7, 11) is 4.38. The van der Waals surface area contributed by atoms with Gasteiger partial charge in [-0.2, -0.15) is 0 Å². The van der Waals surface area contributed by atoms with E-state index >= 15 is 0 Å². The summed E-state index contributed by atoms with van der Waals surface area (Å²) in [6.07, 6.45) is 0.873. The minimum Gasteiger partial charge on any atom is -0.493 e. The molecule has 1 aromatic carbocycles. The van der Waals surface area contributed by atoms with Crippen molar-refractivity contribution in [3.8, 4) is 11.5 Å².